The monoisotopic (exact) mass is 499 g/mol. The number of hydrogen-bond donors (Lipinski definition) is 1. The Kier molecular flexibility index (Phi) is 7.69. The molecular formula is C24H22FN3O4S2. The maximum absolute atomic E-state index is 13.1. The minimum Gasteiger partial charge on any atom is -0.494 e. The third kappa shape index (κ3) is 4.95. The number of thiocarbonyl (C=S) groups is 1. The number of carbonyl (C=O) groups is 2. The third-order valence-electron chi connectivity index (χ3n) is 5.37. The van der Waals surface area contributed by atoms with E-state index in [1.54, 1.807) is 32.1 Å². The number of rotatable bonds is 7. The van der Waals surface area contributed by atoms with Gasteiger partial charge in [0.1, 0.15) is 21.8 Å². The maximum Gasteiger partial charge on any atom is 0.271 e. The third-order valence-corrected chi connectivity index (χ3v) is 6.75. The Morgan fingerprint density at radius 1 is 1.29 bits per heavy atom. The Balaban J connectivity index is 1.74. The van der Waals surface area contributed by atoms with Crippen molar-refractivity contribution in [2.75, 3.05) is 6.54 Å². The van der Waals surface area contributed by atoms with E-state index in [4.69, 9.17) is 12.2 Å². The largest absolute Gasteiger partial charge is 0.494 e. The number of benzene rings is 1. The lowest BCUT2D eigenvalue weighted by molar-refractivity contribution is -0.122. The van der Waals surface area contributed by atoms with E-state index in [0.29, 0.717) is 14.8 Å². The zero-order chi connectivity index (χ0) is 25.2. The van der Waals surface area contributed by atoms with Crippen molar-refractivity contribution in [1.29, 1.82) is 5.26 Å². The average molecular weight is 500 g/mol. The van der Waals surface area contributed by atoms with E-state index >= 15 is 0 Å². The lowest BCUT2D eigenvalue weighted by Gasteiger charge is -2.18. The van der Waals surface area contributed by atoms with Gasteiger partial charge in [-0.2, -0.15) is 5.26 Å². The van der Waals surface area contributed by atoms with Crippen LogP contribution in [-0.2, 0) is 4.79 Å². The molecule has 1 aromatic heterocycles. The highest BCUT2D eigenvalue weighted by molar-refractivity contribution is 8.26. The molecule has 2 heterocycles. The molecule has 176 valence electrons. The summed E-state index contributed by atoms with van der Waals surface area (Å²) in [7, 11) is 0. The van der Waals surface area contributed by atoms with E-state index in [0.717, 1.165) is 16.3 Å². The van der Waals surface area contributed by atoms with E-state index < -0.39 is 23.3 Å². The second-order valence-corrected chi connectivity index (χ2v) is 9.67. The Bertz CT molecular complexity index is 1310. The highest BCUT2D eigenvalue weighted by atomic mass is 32.2. The van der Waals surface area contributed by atoms with Gasteiger partial charge in [0.25, 0.3) is 11.5 Å². The minimum absolute atomic E-state index is 0.0242. The molecule has 0 bridgehead atoms. The Morgan fingerprint density at radius 2 is 1.94 bits per heavy atom. The fourth-order valence-corrected chi connectivity index (χ4v) is 4.97. The average Bonchev–Trinajstić information content (AvgIpc) is 3.02. The van der Waals surface area contributed by atoms with Crippen LogP contribution in [0.15, 0.2) is 34.0 Å². The standard InChI is InChI=1S/C24H22FN3O4S2/c1-13(2)28-21(30)17(12-26)14(3)20(23(28)32)18(29)5-4-10-27-22(31)19(34-24(27)33)11-15-6-8-16(25)9-7-15/h6-9,11,13,32H,4-5,10H2,1-3H3/b19-11-. The topological polar surface area (TPSA) is 103 Å². The number of carbonyl (C=O) groups excluding carboxylic acids is 2. The molecule has 1 fully saturated rings. The summed E-state index contributed by atoms with van der Waals surface area (Å²) >= 11 is 6.44. The van der Waals surface area contributed by atoms with Gasteiger partial charge in [-0.05, 0) is 56.5 Å². The molecule has 1 N–H and O–H groups in total. The van der Waals surface area contributed by atoms with Crippen LogP contribution < -0.4 is 5.56 Å². The highest BCUT2D eigenvalue weighted by Gasteiger charge is 2.32. The summed E-state index contributed by atoms with van der Waals surface area (Å²) in [5, 5.41) is 20.0. The summed E-state index contributed by atoms with van der Waals surface area (Å²) in [6.45, 7) is 4.98. The summed E-state index contributed by atoms with van der Waals surface area (Å²) < 4.78 is 14.5. The van der Waals surface area contributed by atoms with Crippen LogP contribution >= 0.6 is 24.0 Å². The van der Waals surface area contributed by atoms with Crippen LogP contribution in [0.3, 0.4) is 0 Å². The first-order chi connectivity index (χ1) is 16.1. The predicted octanol–water partition coefficient (Wildman–Crippen LogP) is 4.32. The van der Waals surface area contributed by atoms with Crippen molar-refractivity contribution in [1.82, 2.24) is 9.47 Å². The van der Waals surface area contributed by atoms with Crippen molar-refractivity contribution in [2.45, 2.75) is 39.7 Å². The molecule has 3 rings (SSSR count). The number of amides is 1. The Hall–Kier alpha value is -3.29. The molecule has 0 spiro atoms. The summed E-state index contributed by atoms with van der Waals surface area (Å²) in [6, 6.07) is 7.09. The van der Waals surface area contributed by atoms with Gasteiger partial charge in [0.2, 0.25) is 5.88 Å². The number of halogens is 1. The normalized spacial score (nSPS) is 14.8. The van der Waals surface area contributed by atoms with Gasteiger partial charge in [-0.25, -0.2) is 4.39 Å². The number of nitriles is 1. The number of Topliss-reactive ketones (excluding diaryl/α,β-unsaturated/α-hetero) is 1. The van der Waals surface area contributed by atoms with E-state index in [2.05, 4.69) is 0 Å². The van der Waals surface area contributed by atoms with Crippen molar-refractivity contribution in [2.24, 2.45) is 0 Å². The number of hydrogen-bond acceptors (Lipinski definition) is 7. The summed E-state index contributed by atoms with van der Waals surface area (Å²) in [6.07, 6.45) is 1.87. The molecule has 2 aromatic rings. The molecule has 34 heavy (non-hydrogen) atoms. The van der Waals surface area contributed by atoms with Crippen molar-refractivity contribution >= 4 is 46.1 Å². The predicted molar refractivity (Wildman–Crippen MR) is 132 cm³/mol. The molecule has 0 aliphatic carbocycles. The van der Waals surface area contributed by atoms with E-state index in [1.165, 1.54) is 24.0 Å². The number of nitrogens with zero attached hydrogens (tertiary/aromatic N) is 3. The van der Waals surface area contributed by atoms with Gasteiger partial charge in [0, 0.05) is 19.0 Å². The van der Waals surface area contributed by atoms with E-state index in [1.807, 2.05) is 6.07 Å². The fraction of sp³-hybridized carbons (Fsp3) is 0.292. The highest BCUT2D eigenvalue weighted by Crippen LogP contribution is 2.33. The molecule has 1 saturated heterocycles. The smallest absolute Gasteiger partial charge is 0.271 e. The van der Waals surface area contributed by atoms with Crippen LogP contribution in [0.5, 0.6) is 5.88 Å². The maximum atomic E-state index is 13.1. The number of ketones is 1. The molecular weight excluding hydrogens is 477 g/mol. The first-order valence-corrected chi connectivity index (χ1v) is 11.7. The molecule has 0 saturated carbocycles. The lowest BCUT2D eigenvalue weighted by atomic mass is 9.98. The summed E-state index contributed by atoms with van der Waals surface area (Å²) in [5.41, 5.74) is -0.0879. The van der Waals surface area contributed by atoms with Crippen molar-refractivity contribution in [3.63, 3.8) is 0 Å². The SMILES string of the molecule is Cc1c(C(=O)CCCN2C(=O)/C(=C/c3ccc(F)cc3)SC2=S)c(O)n(C(C)C)c(=O)c1C#N. The number of pyridine rings is 1. The second-order valence-electron chi connectivity index (χ2n) is 7.99. The number of aromatic hydroxyl groups is 1. The van der Waals surface area contributed by atoms with Gasteiger partial charge < -0.3 is 5.11 Å². The number of thioether (sulfide) groups is 1. The molecule has 1 amide bonds. The van der Waals surface area contributed by atoms with Gasteiger partial charge in [0.05, 0.1) is 10.5 Å². The van der Waals surface area contributed by atoms with Crippen molar-refractivity contribution in [3.05, 3.63) is 67.6 Å². The Labute approximate surface area is 205 Å². The van der Waals surface area contributed by atoms with Gasteiger partial charge in [-0.1, -0.05) is 36.1 Å². The van der Waals surface area contributed by atoms with Crippen LogP contribution in [0, 0.1) is 24.1 Å². The molecule has 0 atom stereocenters. The zero-order valence-corrected chi connectivity index (χ0v) is 20.4. The molecule has 7 nitrogen and oxygen atoms in total. The molecule has 1 aromatic carbocycles. The minimum atomic E-state index is -0.644. The molecule has 0 radical (unpaired) electrons. The molecule has 1 aliphatic heterocycles. The zero-order valence-electron chi connectivity index (χ0n) is 18.8. The van der Waals surface area contributed by atoms with Crippen LogP contribution in [0.25, 0.3) is 6.08 Å². The van der Waals surface area contributed by atoms with E-state index in [9.17, 15) is 29.1 Å². The van der Waals surface area contributed by atoms with E-state index in [-0.39, 0.29) is 47.8 Å². The summed E-state index contributed by atoms with van der Waals surface area (Å²) in [5.74, 6) is -1.57. The van der Waals surface area contributed by atoms with Crippen molar-refractivity contribution in [3.8, 4) is 11.9 Å². The van der Waals surface area contributed by atoms with Crippen LogP contribution in [0.2, 0.25) is 0 Å². The Morgan fingerprint density at radius 3 is 2.53 bits per heavy atom. The lowest BCUT2D eigenvalue weighted by Crippen LogP contribution is -2.30. The van der Waals surface area contributed by atoms with Gasteiger partial charge in [0.15, 0.2) is 5.78 Å². The van der Waals surface area contributed by atoms with Crippen LogP contribution in [0.4, 0.5) is 4.39 Å². The van der Waals surface area contributed by atoms with Gasteiger partial charge >= 0.3 is 0 Å². The number of aromatic nitrogens is 1. The van der Waals surface area contributed by atoms with Crippen LogP contribution in [0.1, 0.15) is 59.8 Å². The molecule has 10 heteroatoms. The van der Waals surface area contributed by atoms with Gasteiger partial charge in [-0.15, -0.1) is 0 Å². The fourth-order valence-electron chi connectivity index (χ4n) is 3.66. The second kappa shape index (κ2) is 10.3. The molecule has 1 aliphatic rings. The van der Waals surface area contributed by atoms with Crippen molar-refractivity contribution < 1.29 is 19.1 Å². The quantitative estimate of drug-likeness (QED) is 0.344. The first-order valence-electron chi connectivity index (χ1n) is 10.5. The first kappa shape index (κ1) is 25.3. The van der Waals surface area contributed by atoms with Gasteiger partial charge in [-0.3, -0.25) is 23.9 Å². The van der Waals surface area contributed by atoms with Crippen LogP contribution in [-0.4, -0.2) is 37.1 Å². The summed E-state index contributed by atoms with van der Waals surface area (Å²) in [4.78, 5) is 40.0. The molecule has 0 unspecified atom stereocenters.